The number of hydrogen-bond donors (Lipinski definition) is 0. The summed E-state index contributed by atoms with van der Waals surface area (Å²) in [5.41, 5.74) is 0. The van der Waals surface area contributed by atoms with Crippen LogP contribution in [0.1, 0.15) is 110 Å². The first-order valence-electron chi connectivity index (χ1n) is 10.8. The van der Waals surface area contributed by atoms with Gasteiger partial charge < -0.3 is 4.90 Å². The summed E-state index contributed by atoms with van der Waals surface area (Å²) in [4.78, 5) is 2.32. The van der Waals surface area contributed by atoms with E-state index in [0.29, 0.717) is 0 Å². The van der Waals surface area contributed by atoms with Gasteiger partial charge >= 0.3 is 0 Å². The topological polar surface area (TPSA) is 3.24 Å². The summed E-state index contributed by atoms with van der Waals surface area (Å²) in [6.07, 6.45) is 29.8. The molecule has 0 heterocycles. The first-order chi connectivity index (χ1) is 11.8. The Morgan fingerprint density at radius 3 is 1.62 bits per heavy atom. The summed E-state index contributed by atoms with van der Waals surface area (Å²) in [7, 11) is 2.18. The zero-order valence-corrected chi connectivity index (χ0v) is 17.1. The summed E-state index contributed by atoms with van der Waals surface area (Å²) in [6.45, 7) is 5.68. The highest BCUT2D eigenvalue weighted by atomic mass is 15.1. The Bertz CT molecular complexity index is 280. The Labute approximate surface area is 153 Å². The molecule has 0 spiro atoms. The van der Waals surface area contributed by atoms with Crippen molar-refractivity contribution in [1.29, 1.82) is 0 Å². The van der Waals surface area contributed by atoms with E-state index in [4.69, 9.17) is 0 Å². The molecule has 0 aliphatic rings. The molecule has 0 rings (SSSR count). The van der Waals surface area contributed by atoms with E-state index in [2.05, 4.69) is 50.2 Å². The molecular formula is C23H45N. The minimum absolute atomic E-state index is 1.14. The molecule has 0 N–H and O–H groups in total. The fraction of sp³-hybridized carbons (Fsp3) is 0.826. The van der Waals surface area contributed by atoms with Crippen molar-refractivity contribution in [2.75, 3.05) is 13.6 Å². The summed E-state index contributed by atoms with van der Waals surface area (Å²) in [6, 6.07) is 0. The first-order valence-corrected chi connectivity index (χ1v) is 10.8. The van der Waals surface area contributed by atoms with E-state index in [1.54, 1.807) is 0 Å². The van der Waals surface area contributed by atoms with Crippen molar-refractivity contribution in [1.82, 2.24) is 4.90 Å². The minimum atomic E-state index is 1.14. The third-order valence-electron chi connectivity index (χ3n) is 4.62. The van der Waals surface area contributed by atoms with Crippen LogP contribution in [0.4, 0.5) is 0 Å². The molecule has 0 aromatic carbocycles. The van der Waals surface area contributed by atoms with Crippen LogP contribution in [-0.2, 0) is 0 Å². The van der Waals surface area contributed by atoms with Gasteiger partial charge in [0.1, 0.15) is 0 Å². The average molecular weight is 336 g/mol. The second-order valence-corrected chi connectivity index (χ2v) is 7.21. The van der Waals surface area contributed by atoms with Gasteiger partial charge in [-0.25, -0.2) is 0 Å². The van der Waals surface area contributed by atoms with Crippen molar-refractivity contribution in [2.24, 2.45) is 0 Å². The van der Waals surface area contributed by atoms with Crippen molar-refractivity contribution in [3.8, 4) is 0 Å². The Balaban J connectivity index is 3.16. The van der Waals surface area contributed by atoms with E-state index in [0.717, 1.165) is 6.42 Å². The lowest BCUT2D eigenvalue weighted by Crippen LogP contribution is -2.11. The fourth-order valence-corrected chi connectivity index (χ4v) is 2.97. The van der Waals surface area contributed by atoms with Gasteiger partial charge in [-0.15, -0.1) is 0 Å². The highest BCUT2D eigenvalue weighted by Crippen LogP contribution is 2.10. The Morgan fingerprint density at radius 1 is 0.583 bits per heavy atom. The van der Waals surface area contributed by atoms with Crippen LogP contribution in [0.5, 0.6) is 0 Å². The zero-order chi connectivity index (χ0) is 17.7. The van der Waals surface area contributed by atoms with Crippen molar-refractivity contribution in [2.45, 2.75) is 110 Å². The molecule has 1 nitrogen and oxygen atoms in total. The lowest BCUT2D eigenvalue weighted by molar-refractivity contribution is 0.427. The van der Waals surface area contributed by atoms with E-state index in [1.165, 1.54) is 96.4 Å². The van der Waals surface area contributed by atoms with Gasteiger partial charge in [-0.1, -0.05) is 89.9 Å². The molecule has 0 amide bonds. The van der Waals surface area contributed by atoms with Gasteiger partial charge in [0.15, 0.2) is 0 Å². The van der Waals surface area contributed by atoms with Crippen molar-refractivity contribution >= 4 is 0 Å². The van der Waals surface area contributed by atoms with Gasteiger partial charge in [-0.3, -0.25) is 0 Å². The molecule has 1 heteroatoms. The van der Waals surface area contributed by atoms with Crippen LogP contribution in [0.2, 0.25) is 0 Å². The lowest BCUT2D eigenvalue weighted by Gasteiger charge is -2.13. The molecule has 0 saturated heterocycles. The van der Waals surface area contributed by atoms with Crippen LogP contribution in [0.3, 0.4) is 0 Å². The molecule has 0 fully saturated rings. The molecule has 0 aromatic heterocycles. The summed E-state index contributed by atoms with van der Waals surface area (Å²) in [5.74, 6) is 0. The SMILES string of the molecule is CC/C=C/N(C)CCCCCCCC/C=C/CCCCCCCC. The zero-order valence-electron chi connectivity index (χ0n) is 17.1. The Morgan fingerprint density at radius 2 is 1.08 bits per heavy atom. The molecule has 24 heavy (non-hydrogen) atoms. The predicted molar refractivity (Wildman–Crippen MR) is 112 cm³/mol. The van der Waals surface area contributed by atoms with Crippen molar-refractivity contribution < 1.29 is 0 Å². The van der Waals surface area contributed by atoms with Gasteiger partial charge in [0.05, 0.1) is 0 Å². The third-order valence-corrected chi connectivity index (χ3v) is 4.62. The van der Waals surface area contributed by atoms with Gasteiger partial charge in [0.25, 0.3) is 0 Å². The van der Waals surface area contributed by atoms with Gasteiger partial charge in [0.2, 0.25) is 0 Å². The largest absolute Gasteiger partial charge is 0.381 e. The quantitative estimate of drug-likeness (QED) is 0.182. The smallest absolute Gasteiger partial charge is 0.0169 e. The summed E-state index contributed by atoms with van der Waals surface area (Å²) >= 11 is 0. The number of rotatable bonds is 18. The molecule has 0 aliphatic heterocycles. The van der Waals surface area contributed by atoms with Crippen LogP contribution in [-0.4, -0.2) is 18.5 Å². The standard InChI is InChI=1S/C23H45N/c1-4-6-8-9-10-11-12-13-14-15-16-17-18-19-20-21-23-24(3)22-7-5-2/h7,13-14,22H,4-6,8-12,15-21,23H2,1-3H3/b14-13+,22-7+. The van der Waals surface area contributed by atoms with E-state index >= 15 is 0 Å². The van der Waals surface area contributed by atoms with E-state index in [9.17, 15) is 0 Å². The Kier molecular flexibility index (Phi) is 19.7. The molecule has 0 aliphatic carbocycles. The van der Waals surface area contributed by atoms with Crippen molar-refractivity contribution in [3.05, 3.63) is 24.4 Å². The summed E-state index contributed by atoms with van der Waals surface area (Å²) in [5, 5.41) is 0. The van der Waals surface area contributed by atoms with Gasteiger partial charge in [-0.05, 0) is 44.7 Å². The highest BCUT2D eigenvalue weighted by Gasteiger charge is 1.93. The number of unbranched alkanes of at least 4 members (excludes halogenated alkanes) is 12. The molecule has 142 valence electrons. The first kappa shape index (κ1) is 23.3. The number of allylic oxidation sites excluding steroid dienone is 3. The van der Waals surface area contributed by atoms with E-state index in [-0.39, 0.29) is 0 Å². The monoisotopic (exact) mass is 335 g/mol. The molecule has 0 bridgehead atoms. The van der Waals surface area contributed by atoms with Crippen LogP contribution >= 0.6 is 0 Å². The number of hydrogen-bond acceptors (Lipinski definition) is 1. The Hall–Kier alpha value is -0.720. The maximum Gasteiger partial charge on any atom is 0.0169 e. The predicted octanol–water partition coefficient (Wildman–Crippen LogP) is 7.88. The molecule has 0 radical (unpaired) electrons. The van der Waals surface area contributed by atoms with Crippen LogP contribution < -0.4 is 0 Å². The number of nitrogens with zero attached hydrogens (tertiary/aromatic N) is 1. The highest BCUT2D eigenvalue weighted by molar-refractivity contribution is 4.81. The second-order valence-electron chi connectivity index (χ2n) is 7.21. The maximum atomic E-state index is 2.42. The van der Waals surface area contributed by atoms with Crippen LogP contribution in [0, 0.1) is 0 Å². The normalized spacial score (nSPS) is 11.8. The maximum absolute atomic E-state index is 2.42. The van der Waals surface area contributed by atoms with Crippen LogP contribution in [0.25, 0.3) is 0 Å². The van der Waals surface area contributed by atoms with Crippen molar-refractivity contribution in [3.63, 3.8) is 0 Å². The van der Waals surface area contributed by atoms with E-state index in [1.807, 2.05) is 0 Å². The minimum Gasteiger partial charge on any atom is -0.381 e. The van der Waals surface area contributed by atoms with Crippen LogP contribution in [0.15, 0.2) is 24.4 Å². The van der Waals surface area contributed by atoms with Gasteiger partial charge in [0, 0.05) is 13.6 Å². The molecule has 0 unspecified atom stereocenters. The second kappa shape index (κ2) is 20.3. The molecule has 0 saturated carbocycles. The average Bonchev–Trinajstić information content (AvgIpc) is 2.59. The molecular weight excluding hydrogens is 290 g/mol. The fourth-order valence-electron chi connectivity index (χ4n) is 2.97. The molecule has 0 atom stereocenters. The van der Waals surface area contributed by atoms with Gasteiger partial charge in [-0.2, -0.15) is 0 Å². The lowest BCUT2D eigenvalue weighted by atomic mass is 10.1. The third kappa shape index (κ3) is 19.3. The summed E-state index contributed by atoms with van der Waals surface area (Å²) < 4.78 is 0. The van der Waals surface area contributed by atoms with E-state index < -0.39 is 0 Å². The molecule has 0 aromatic rings.